The van der Waals surface area contributed by atoms with Gasteiger partial charge in [-0.15, -0.1) is 0 Å². The molecule has 0 fully saturated rings. The third-order valence-corrected chi connectivity index (χ3v) is 3.43. The number of hydrogen-bond donors (Lipinski definition) is 0. The van der Waals surface area contributed by atoms with Crippen LogP contribution in [0.25, 0.3) is 0 Å². The van der Waals surface area contributed by atoms with Gasteiger partial charge in [0.1, 0.15) is 0 Å². The van der Waals surface area contributed by atoms with Gasteiger partial charge in [-0.3, -0.25) is 4.79 Å². The van der Waals surface area contributed by atoms with Crippen LogP contribution in [0.15, 0.2) is 0 Å². The fraction of sp³-hybridized carbons (Fsp3) is 0.900. The van der Waals surface area contributed by atoms with Crippen molar-refractivity contribution in [2.45, 2.75) is 46.1 Å². The molecule has 0 saturated heterocycles. The number of rotatable bonds is 4. The monoisotopic (exact) mass is 256 g/mol. The molecule has 0 radical (unpaired) electrons. The molecule has 0 aliphatic carbocycles. The molecular formula is C10H19F3O2Si. The smallest absolute Gasteiger partial charge is 0.404 e. The quantitative estimate of drug-likeness (QED) is 0.569. The fourth-order valence-electron chi connectivity index (χ4n) is 0.902. The van der Waals surface area contributed by atoms with Gasteiger partial charge in [0.2, 0.25) is 0 Å². The van der Waals surface area contributed by atoms with E-state index < -0.39 is 25.6 Å². The maximum Gasteiger partial charge on any atom is 0.404 e. The van der Waals surface area contributed by atoms with Crippen LogP contribution in [-0.4, -0.2) is 26.4 Å². The second-order valence-corrected chi connectivity index (χ2v) is 10.7. The Morgan fingerprint density at radius 2 is 1.69 bits per heavy atom. The SMILES string of the molecule is CCC(C)(C(=O)OC[Si](C)(C)C)C(F)(F)F. The first-order chi connectivity index (χ1) is 6.94. The predicted molar refractivity (Wildman–Crippen MR) is 58.8 cm³/mol. The van der Waals surface area contributed by atoms with Crippen molar-refractivity contribution in [3.8, 4) is 0 Å². The van der Waals surface area contributed by atoms with Crippen molar-refractivity contribution in [2.75, 3.05) is 6.23 Å². The highest BCUT2D eigenvalue weighted by Gasteiger charge is 2.56. The molecule has 6 heteroatoms. The van der Waals surface area contributed by atoms with Gasteiger partial charge in [0, 0.05) is 0 Å². The van der Waals surface area contributed by atoms with Crippen LogP contribution in [0.4, 0.5) is 13.2 Å². The maximum absolute atomic E-state index is 12.7. The second-order valence-electron chi connectivity index (χ2n) is 5.32. The van der Waals surface area contributed by atoms with E-state index in [9.17, 15) is 18.0 Å². The summed E-state index contributed by atoms with van der Waals surface area (Å²) in [5.41, 5.74) is -2.38. The van der Waals surface area contributed by atoms with Gasteiger partial charge in [-0.05, 0) is 13.3 Å². The number of esters is 1. The summed E-state index contributed by atoms with van der Waals surface area (Å²) in [6.07, 6.45) is -4.74. The molecular weight excluding hydrogens is 237 g/mol. The van der Waals surface area contributed by atoms with Crippen molar-refractivity contribution in [1.29, 1.82) is 0 Å². The first-order valence-electron chi connectivity index (χ1n) is 5.18. The summed E-state index contributed by atoms with van der Waals surface area (Å²) in [7, 11) is -1.68. The lowest BCUT2D eigenvalue weighted by atomic mass is 9.87. The van der Waals surface area contributed by atoms with E-state index in [-0.39, 0.29) is 12.7 Å². The molecule has 0 aliphatic heterocycles. The van der Waals surface area contributed by atoms with E-state index in [0.29, 0.717) is 0 Å². The number of hydrogen-bond acceptors (Lipinski definition) is 2. The molecule has 0 amide bonds. The minimum Gasteiger partial charge on any atom is -0.469 e. The molecule has 0 spiro atoms. The Morgan fingerprint density at radius 1 is 1.25 bits per heavy atom. The standard InChI is InChI=1S/C10H19F3O2Si/c1-6-9(2,10(11,12)13)8(14)15-7-16(3,4)5/h6-7H2,1-5H3. The van der Waals surface area contributed by atoms with Crippen molar-refractivity contribution in [2.24, 2.45) is 5.41 Å². The van der Waals surface area contributed by atoms with Crippen molar-refractivity contribution in [1.82, 2.24) is 0 Å². The third kappa shape index (κ3) is 3.81. The largest absolute Gasteiger partial charge is 0.469 e. The van der Waals surface area contributed by atoms with E-state index in [2.05, 4.69) is 0 Å². The molecule has 0 aromatic heterocycles. The van der Waals surface area contributed by atoms with Crippen LogP contribution in [-0.2, 0) is 9.53 Å². The zero-order valence-corrected chi connectivity index (χ0v) is 11.4. The van der Waals surface area contributed by atoms with Crippen molar-refractivity contribution in [3.63, 3.8) is 0 Å². The number of ether oxygens (including phenoxy) is 1. The number of carbonyl (C=O) groups is 1. The zero-order valence-electron chi connectivity index (χ0n) is 10.4. The Labute approximate surface area is 95.2 Å². The van der Waals surface area contributed by atoms with E-state index in [1.807, 2.05) is 19.6 Å². The highest BCUT2D eigenvalue weighted by Crippen LogP contribution is 2.41. The lowest BCUT2D eigenvalue weighted by Gasteiger charge is -2.29. The summed E-state index contributed by atoms with van der Waals surface area (Å²) in [5, 5.41) is 0. The van der Waals surface area contributed by atoms with Crippen LogP contribution < -0.4 is 0 Å². The lowest BCUT2D eigenvalue weighted by Crippen LogP contribution is -2.45. The van der Waals surface area contributed by atoms with Crippen LogP contribution >= 0.6 is 0 Å². The van der Waals surface area contributed by atoms with Gasteiger partial charge in [-0.1, -0.05) is 26.6 Å². The average molecular weight is 256 g/mol. The van der Waals surface area contributed by atoms with Gasteiger partial charge in [-0.2, -0.15) is 13.2 Å². The number of halogens is 3. The van der Waals surface area contributed by atoms with Gasteiger partial charge in [0.05, 0.1) is 14.3 Å². The minimum atomic E-state index is -4.56. The van der Waals surface area contributed by atoms with Gasteiger partial charge >= 0.3 is 12.1 Å². The molecule has 1 unspecified atom stereocenters. The summed E-state index contributed by atoms with van der Waals surface area (Å²) in [6.45, 7) is 8.01. The summed E-state index contributed by atoms with van der Waals surface area (Å²) in [5.74, 6) is -1.16. The summed E-state index contributed by atoms with van der Waals surface area (Å²) in [6, 6.07) is 0. The molecule has 0 heterocycles. The minimum absolute atomic E-state index is 0.123. The molecule has 16 heavy (non-hydrogen) atoms. The Hall–Kier alpha value is -0.523. The van der Waals surface area contributed by atoms with Crippen LogP contribution in [0.3, 0.4) is 0 Å². The van der Waals surface area contributed by atoms with E-state index >= 15 is 0 Å². The number of alkyl halides is 3. The highest BCUT2D eigenvalue weighted by molar-refractivity contribution is 6.76. The Balaban J connectivity index is 4.69. The lowest BCUT2D eigenvalue weighted by molar-refractivity contribution is -0.229. The molecule has 0 N–H and O–H groups in total. The maximum atomic E-state index is 12.7. The molecule has 0 bridgehead atoms. The third-order valence-electron chi connectivity index (χ3n) is 2.42. The molecule has 1 atom stereocenters. The summed E-state index contributed by atoms with van der Waals surface area (Å²) in [4.78, 5) is 11.5. The van der Waals surface area contributed by atoms with E-state index in [1.165, 1.54) is 6.92 Å². The van der Waals surface area contributed by atoms with E-state index in [4.69, 9.17) is 4.74 Å². The molecule has 0 aromatic carbocycles. The van der Waals surface area contributed by atoms with Gasteiger partial charge in [0.25, 0.3) is 0 Å². The van der Waals surface area contributed by atoms with Gasteiger partial charge in [0.15, 0.2) is 5.41 Å². The van der Waals surface area contributed by atoms with Crippen molar-refractivity contribution < 1.29 is 22.7 Å². The topological polar surface area (TPSA) is 26.3 Å². The Bertz CT molecular complexity index is 258. The predicted octanol–water partition coefficient (Wildman–Crippen LogP) is 3.39. The van der Waals surface area contributed by atoms with Crippen LogP contribution in [0.2, 0.25) is 19.6 Å². The van der Waals surface area contributed by atoms with E-state index in [0.717, 1.165) is 6.92 Å². The molecule has 0 saturated carbocycles. The molecule has 0 aliphatic rings. The van der Waals surface area contributed by atoms with Gasteiger partial charge in [-0.25, -0.2) is 0 Å². The van der Waals surface area contributed by atoms with Crippen LogP contribution in [0, 0.1) is 5.41 Å². The summed E-state index contributed by atoms with van der Waals surface area (Å²) >= 11 is 0. The van der Waals surface area contributed by atoms with Crippen LogP contribution in [0.1, 0.15) is 20.3 Å². The average Bonchev–Trinajstić information content (AvgIpc) is 2.09. The Morgan fingerprint density at radius 3 is 1.94 bits per heavy atom. The second kappa shape index (κ2) is 4.77. The Kier molecular flexibility index (Phi) is 4.61. The highest BCUT2D eigenvalue weighted by atomic mass is 28.3. The van der Waals surface area contributed by atoms with E-state index in [1.54, 1.807) is 0 Å². The molecule has 2 nitrogen and oxygen atoms in total. The molecule has 0 rings (SSSR count). The fourth-order valence-corrected chi connectivity index (χ4v) is 1.47. The first kappa shape index (κ1) is 15.5. The first-order valence-corrected chi connectivity index (χ1v) is 8.89. The normalized spacial score (nSPS) is 16.8. The van der Waals surface area contributed by atoms with Crippen molar-refractivity contribution in [3.05, 3.63) is 0 Å². The van der Waals surface area contributed by atoms with Gasteiger partial charge < -0.3 is 4.74 Å². The molecule has 96 valence electrons. The van der Waals surface area contributed by atoms with Crippen molar-refractivity contribution >= 4 is 14.0 Å². The molecule has 0 aromatic rings. The summed E-state index contributed by atoms with van der Waals surface area (Å²) < 4.78 is 42.8. The van der Waals surface area contributed by atoms with Crippen LogP contribution in [0.5, 0.6) is 0 Å². The zero-order chi connectivity index (χ0) is 13.2. The number of carbonyl (C=O) groups excluding carboxylic acids is 1.